The molecule has 0 aromatic heterocycles. The van der Waals surface area contributed by atoms with Crippen molar-refractivity contribution in [3.05, 3.63) is 75.8 Å². The maximum absolute atomic E-state index is 11.7. The minimum absolute atomic E-state index is 0.0347. The van der Waals surface area contributed by atoms with Crippen molar-refractivity contribution in [1.82, 2.24) is 0 Å². The number of nitro benzene ring substituents is 1. The number of aryl methyl sites for hydroxylation is 1. The number of hydrogen-bond donors (Lipinski definition) is 1. The standard InChI is InChI=1S/C18H16N2O5/c1-13-2-7-15(8-3-13)19-17(21)12-25-18(22)11-6-14-4-9-16(10-5-14)20(23)24/h2-11H,12H2,1H3,(H,19,21)/b11-6+. The average Bonchev–Trinajstić information content (AvgIpc) is 2.60. The summed E-state index contributed by atoms with van der Waals surface area (Å²) in [6.07, 6.45) is 2.60. The van der Waals surface area contributed by atoms with Crippen molar-refractivity contribution in [2.24, 2.45) is 0 Å². The van der Waals surface area contributed by atoms with Crippen LogP contribution in [0.25, 0.3) is 6.08 Å². The first-order chi connectivity index (χ1) is 11.9. The van der Waals surface area contributed by atoms with E-state index >= 15 is 0 Å². The van der Waals surface area contributed by atoms with Crippen LogP contribution in [0.15, 0.2) is 54.6 Å². The number of carbonyl (C=O) groups excluding carboxylic acids is 2. The van der Waals surface area contributed by atoms with E-state index in [1.54, 1.807) is 12.1 Å². The summed E-state index contributed by atoms with van der Waals surface area (Å²) in [5.74, 6) is -1.13. The highest BCUT2D eigenvalue weighted by Gasteiger charge is 2.06. The predicted molar refractivity (Wildman–Crippen MR) is 92.9 cm³/mol. The Balaban J connectivity index is 1.80. The first kappa shape index (κ1) is 17.9. The number of ether oxygens (including phenoxy) is 1. The third-order valence-electron chi connectivity index (χ3n) is 3.20. The van der Waals surface area contributed by atoms with Crippen LogP contribution in [0, 0.1) is 17.0 Å². The summed E-state index contributed by atoms with van der Waals surface area (Å²) in [5, 5.41) is 13.2. The first-order valence-corrected chi connectivity index (χ1v) is 7.40. The molecule has 2 rings (SSSR count). The zero-order valence-electron chi connectivity index (χ0n) is 13.5. The lowest BCUT2D eigenvalue weighted by Gasteiger charge is -2.05. The number of carbonyl (C=O) groups is 2. The van der Waals surface area contributed by atoms with Gasteiger partial charge in [0.25, 0.3) is 11.6 Å². The molecular weight excluding hydrogens is 324 g/mol. The van der Waals surface area contributed by atoms with Crippen LogP contribution in [-0.4, -0.2) is 23.4 Å². The summed E-state index contributed by atoms with van der Waals surface area (Å²) < 4.78 is 4.84. The molecule has 1 amide bonds. The van der Waals surface area contributed by atoms with Crippen LogP contribution in [0.2, 0.25) is 0 Å². The Bertz CT molecular complexity index is 795. The van der Waals surface area contributed by atoms with Crippen LogP contribution in [0.3, 0.4) is 0 Å². The third-order valence-corrected chi connectivity index (χ3v) is 3.20. The number of nitrogens with one attached hydrogen (secondary N) is 1. The Morgan fingerprint density at radius 2 is 1.76 bits per heavy atom. The average molecular weight is 340 g/mol. The Morgan fingerprint density at radius 3 is 2.36 bits per heavy atom. The number of hydrogen-bond acceptors (Lipinski definition) is 5. The molecule has 0 aliphatic rings. The van der Waals surface area contributed by atoms with Gasteiger partial charge in [-0.15, -0.1) is 0 Å². The molecule has 25 heavy (non-hydrogen) atoms. The molecule has 0 aliphatic heterocycles. The normalized spacial score (nSPS) is 10.4. The van der Waals surface area contributed by atoms with Crippen LogP contribution in [0.5, 0.6) is 0 Å². The number of nitro groups is 1. The van der Waals surface area contributed by atoms with E-state index in [1.165, 1.54) is 30.3 Å². The van der Waals surface area contributed by atoms with Crippen molar-refractivity contribution in [3.63, 3.8) is 0 Å². The van der Waals surface area contributed by atoms with Gasteiger partial charge in [-0.25, -0.2) is 4.79 Å². The maximum Gasteiger partial charge on any atom is 0.331 e. The minimum Gasteiger partial charge on any atom is -0.452 e. The number of amides is 1. The topological polar surface area (TPSA) is 98.5 Å². The fraction of sp³-hybridized carbons (Fsp3) is 0.111. The van der Waals surface area contributed by atoms with E-state index in [9.17, 15) is 19.7 Å². The zero-order chi connectivity index (χ0) is 18.2. The van der Waals surface area contributed by atoms with Gasteiger partial charge in [0.15, 0.2) is 6.61 Å². The van der Waals surface area contributed by atoms with Gasteiger partial charge in [0.2, 0.25) is 0 Å². The summed E-state index contributed by atoms with van der Waals surface area (Å²) >= 11 is 0. The second kappa shape index (κ2) is 8.39. The van der Waals surface area contributed by atoms with Crippen molar-refractivity contribution in [2.45, 2.75) is 6.92 Å². The lowest BCUT2D eigenvalue weighted by atomic mass is 10.2. The fourth-order valence-corrected chi connectivity index (χ4v) is 1.89. The van der Waals surface area contributed by atoms with Gasteiger partial charge in [0.05, 0.1) is 4.92 Å². The van der Waals surface area contributed by atoms with E-state index in [1.807, 2.05) is 19.1 Å². The molecule has 0 saturated carbocycles. The molecule has 0 bridgehead atoms. The van der Waals surface area contributed by atoms with Crippen LogP contribution in [-0.2, 0) is 14.3 Å². The van der Waals surface area contributed by atoms with Gasteiger partial charge in [-0.05, 0) is 42.8 Å². The predicted octanol–water partition coefficient (Wildman–Crippen LogP) is 3.10. The lowest BCUT2D eigenvalue weighted by molar-refractivity contribution is -0.384. The second-order valence-electron chi connectivity index (χ2n) is 5.20. The minimum atomic E-state index is -0.683. The van der Waals surface area contributed by atoms with Gasteiger partial charge < -0.3 is 10.1 Å². The Hall–Kier alpha value is -3.48. The van der Waals surface area contributed by atoms with Gasteiger partial charge in [0, 0.05) is 23.9 Å². The van der Waals surface area contributed by atoms with E-state index in [2.05, 4.69) is 5.32 Å². The van der Waals surface area contributed by atoms with E-state index in [4.69, 9.17) is 4.74 Å². The molecule has 7 heteroatoms. The Morgan fingerprint density at radius 1 is 1.12 bits per heavy atom. The largest absolute Gasteiger partial charge is 0.452 e. The first-order valence-electron chi connectivity index (χ1n) is 7.40. The molecule has 2 aromatic carbocycles. The van der Waals surface area contributed by atoms with Crippen molar-refractivity contribution in [1.29, 1.82) is 0 Å². The molecule has 0 fully saturated rings. The molecule has 128 valence electrons. The highest BCUT2D eigenvalue weighted by atomic mass is 16.6. The van der Waals surface area contributed by atoms with Crippen LogP contribution < -0.4 is 5.32 Å². The summed E-state index contributed by atoms with van der Waals surface area (Å²) in [6.45, 7) is 1.53. The molecule has 7 nitrogen and oxygen atoms in total. The second-order valence-corrected chi connectivity index (χ2v) is 5.20. The van der Waals surface area contributed by atoms with E-state index in [0.717, 1.165) is 11.6 Å². The number of esters is 1. The summed E-state index contributed by atoms with van der Waals surface area (Å²) in [5.41, 5.74) is 2.26. The molecule has 1 N–H and O–H groups in total. The molecule has 0 atom stereocenters. The summed E-state index contributed by atoms with van der Waals surface area (Å²) in [4.78, 5) is 33.3. The SMILES string of the molecule is Cc1ccc(NC(=O)COC(=O)/C=C/c2ccc([N+](=O)[O-])cc2)cc1. The molecule has 2 aromatic rings. The molecule has 0 saturated heterocycles. The van der Waals surface area contributed by atoms with Crippen LogP contribution in [0.4, 0.5) is 11.4 Å². The molecule has 0 heterocycles. The van der Waals surface area contributed by atoms with Gasteiger partial charge >= 0.3 is 5.97 Å². The Labute approximate surface area is 144 Å². The summed E-state index contributed by atoms with van der Waals surface area (Å²) in [6, 6.07) is 12.9. The van der Waals surface area contributed by atoms with Crippen molar-refractivity contribution in [2.75, 3.05) is 11.9 Å². The fourth-order valence-electron chi connectivity index (χ4n) is 1.89. The van der Waals surface area contributed by atoms with Gasteiger partial charge in [-0.2, -0.15) is 0 Å². The highest BCUT2D eigenvalue weighted by Crippen LogP contribution is 2.13. The molecule has 0 radical (unpaired) electrons. The van der Waals surface area contributed by atoms with Crippen molar-refractivity contribution >= 4 is 29.3 Å². The Kier molecular flexibility index (Phi) is 6.00. The molecule has 0 spiro atoms. The van der Waals surface area contributed by atoms with Crippen LogP contribution >= 0.6 is 0 Å². The van der Waals surface area contributed by atoms with Crippen molar-refractivity contribution < 1.29 is 19.2 Å². The number of nitrogens with zero attached hydrogens (tertiary/aromatic N) is 1. The quantitative estimate of drug-likeness (QED) is 0.377. The number of anilines is 1. The highest BCUT2D eigenvalue weighted by molar-refractivity contribution is 5.94. The third kappa shape index (κ3) is 5.91. The number of non-ortho nitro benzene ring substituents is 1. The van der Waals surface area contributed by atoms with Gasteiger partial charge in [-0.1, -0.05) is 17.7 Å². The maximum atomic E-state index is 11.7. The van der Waals surface area contributed by atoms with E-state index in [-0.39, 0.29) is 5.69 Å². The van der Waals surface area contributed by atoms with Gasteiger partial charge in [0.1, 0.15) is 0 Å². The van der Waals surface area contributed by atoms with E-state index < -0.39 is 23.4 Å². The number of rotatable bonds is 6. The number of benzene rings is 2. The van der Waals surface area contributed by atoms with Gasteiger partial charge in [-0.3, -0.25) is 14.9 Å². The molecule has 0 aliphatic carbocycles. The van der Waals surface area contributed by atoms with E-state index in [0.29, 0.717) is 11.3 Å². The van der Waals surface area contributed by atoms with Crippen LogP contribution in [0.1, 0.15) is 11.1 Å². The monoisotopic (exact) mass is 340 g/mol. The van der Waals surface area contributed by atoms with Crippen molar-refractivity contribution in [3.8, 4) is 0 Å². The zero-order valence-corrected chi connectivity index (χ0v) is 13.5. The summed E-state index contributed by atoms with van der Waals surface area (Å²) in [7, 11) is 0. The lowest BCUT2D eigenvalue weighted by Crippen LogP contribution is -2.20. The molecule has 0 unspecified atom stereocenters. The molecular formula is C18H16N2O5. The smallest absolute Gasteiger partial charge is 0.331 e.